The molecule has 3 aliphatic heterocycles. The lowest BCUT2D eigenvalue weighted by molar-refractivity contribution is 0.125. The molecule has 1 aromatic carbocycles. The number of anilines is 1. The number of urea groups is 1. The number of ether oxygens (including phenoxy) is 1. The van der Waals surface area contributed by atoms with Gasteiger partial charge in [-0.05, 0) is 19.2 Å². The Morgan fingerprint density at radius 1 is 1.42 bits per heavy atom. The van der Waals surface area contributed by atoms with Gasteiger partial charge in [-0.3, -0.25) is 4.90 Å². The molecular formula is C16H17FN4O2S. The number of benzene rings is 1. The summed E-state index contributed by atoms with van der Waals surface area (Å²) in [5.74, 6) is 0.879. The van der Waals surface area contributed by atoms with Crippen LogP contribution in [0.2, 0.25) is 0 Å². The van der Waals surface area contributed by atoms with Crippen LogP contribution in [0.15, 0.2) is 12.1 Å². The second-order valence-electron chi connectivity index (χ2n) is 6.63. The number of nitrogens with one attached hydrogen (secondary N) is 1. The molecule has 3 aliphatic rings. The lowest BCUT2D eigenvalue weighted by atomic mass is 9.99. The van der Waals surface area contributed by atoms with Crippen LogP contribution >= 0.6 is 11.3 Å². The number of aromatic nitrogens is 1. The Balaban J connectivity index is 1.58. The quantitative estimate of drug-likeness (QED) is 0.854. The molecule has 0 saturated carbocycles. The summed E-state index contributed by atoms with van der Waals surface area (Å²) in [5, 5.41) is 3.44. The number of thiazole rings is 1. The van der Waals surface area contributed by atoms with Crippen LogP contribution in [0, 0.1) is 0 Å². The predicted molar refractivity (Wildman–Crippen MR) is 89.8 cm³/mol. The van der Waals surface area contributed by atoms with Crippen molar-refractivity contribution in [1.82, 2.24) is 15.2 Å². The summed E-state index contributed by atoms with van der Waals surface area (Å²) < 4.78 is 20.9. The fourth-order valence-electron chi connectivity index (χ4n) is 3.94. The van der Waals surface area contributed by atoms with Crippen molar-refractivity contribution in [1.29, 1.82) is 0 Å². The fourth-order valence-corrected chi connectivity index (χ4v) is 4.99. The summed E-state index contributed by atoms with van der Waals surface area (Å²) in [6, 6.07) is 3.00. The third-order valence-corrected chi connectivity index (χ3v) is 6.08. The smallest absolute Gasteiger partial charge is 0.324 e. The number of likely N-dealkylation sites (tertiary alicyclic amines) is 1. The van der Waals surface area contributed by atoms with Gasteiger partial charge in [-0.2, -0.15) is 0 Å². The number of piperidine rings is 1. The van der Waals surface area contributed by atoms with E-state index in [0.29, 0.717) is 24.8 Å². The Labute approximate surface area is 142 Å². The third-order valence-electron chi connectivity index (χ3n) is 5.06. The molecule has 24 heavy (non-hydrogen) atoms. The molecule has 0 unspecified atom stereocenters. The summed E-state index contributed by atoms with van der Waals surface area (Å²) in [6.07, 6.45) is -0.224. The minimum atomic E-state index is -1.06. The summed E-state index contributed by atoms with van der Waals surface area (Å²) in [7, 11) is 1.88. The van der Waals surface area contributed by atoms with Gasteiger partial charge in [0.2, 0.25) is 0 Å². The third kappa shape index (κ3) is 1.96. The van der Waals surface area contributed by atoms with E-state index < -0.39 is 12.2 Å². The first-order valence-electron chi connectivity index (χ1n) is 8.09. The molecule has 126 valence electrons. The number of amides is 2. The van der Waals surface area contributed by atoms with Crippen LogP contribution in [0.3, 0.4) is 0 Å². The predicted octanol–water partition coefficient (Wildman–Crippen LogP) is 1.78. The summed E-state index contributed by atoms with van der Waals surface area (Å²) >= 11 is 1.48. The largest absolute Gasteiger partial charge is 0.493 e. The molecule has 2 saturated heterocycles. The van der Waals surface area contributed by atoms with Crippen molar-refractivity contribution in [2.24, 2.45) is 0 Å². The summed E-state index contributed by atoms with van der Waals surface area (Å²) in [4.78, 5) is 20.8. The Hall–Kier alpha value is -1.93. The van der Waals surface area contributed by atoms with E-state index in [0.717, 1.165) is 28.0 Å². The SMILES string of the molecule is CN1C[C@@H](F)[C@@H]2NC(=O)N(c3nc4c5c(ccc4s3)OCC5)[C@@H]2C1. The Morgan fingerprint density at radius 3 is 3.17 bits per heavy atom. The highest BCUT2D eigenvalue weighted by molar-refractivity contribution is 7.22. The number of alkyl halides is 1. The highest BCUT2D eigenvalue weighted by Gasteiger charge is 2.48. The normalized spacial score (nSPS) is 29.5. The standard InChI is InChI=1S/C16H17FN4O2S/c1-20-6-9(17)14-10(7-20)21(15(22)18-14)16-19-13-8-4-5-23-11(8)2-3-12(13)24-16/h2-3,9-10,14H,4-7H2,1H3,(H,18,22)/t9-,10-,14+/m1/s1. The lowest BCUT2D eigenvalue weighted by Gasteiger charge is -2.36. The average molecular weight is 348 g/mol. The van der Waals surface area contributed by atoms with Gasteiger partial charge in [0.25, 0.3) is 0 Å². The van der Waals surface area contributed by atoms with Crippen molar-refractivity contribution in [3.05, 3.63) is 17.7 Å². The van der Waals surface area contributed by atoms with Crippen molar-refractivity contribution >= 4 is 32.7 Å². The van der Waals surface area contributed by atoms with Gasteiger partial charge in [-0.15, -0.1) is 0 Å². The summed E-state index contributed by atoms with van der Waals surface area (Å²) in [6.45, 7) is 1.66. The van der Waals surface area contributed by atoms with Crippen LogP contribution in [0.1, 0.15) is 5.56 Å². The maximum Gasteiger partial charge on any atom is 0.324 e. The molecule has 8 heteroatoms. The van der Waals surface area contributed by atoms with Gasteiger partial charge < -0.3 is 15.0 Å². The van der Waals surface area contributed by atoms with E-state index in [1.807, 2.05) is 24.1 Å². The molecule has 6 nitrogen and oxygen atoms in total. The number of carbonyl (C=O) groups is 1. The van der Waals surface area contributed by atoms with Gasteiger partial charge in [0.1, 0.15) is 11.9 Å². The van der Waals surface area contributed by atoms with E-state index in [4.69, 9.17) is 9.72 Å². The Kier molecular flexibility index (Phi) is 3.02. The van der Waals surface area contributed by atoms with Crippen molar-refractivity contribution in [2.75, 3.05) is 31.6 Å². The van der Waals surface area contributed by atoms with E-state index in [1.54, 1.807) is 4.90 Å². The molecule has 2 fully saturated rings. The van der Waals surface area contributed by atoms with Crippen molar-refractivity contribution in [3.8, 4) is 5.75 Å². The Bertz CT molecular complexity index is 841. The number of hydrogen-bond acceptors (Lipinski definition) is 5. The van der Waals surface area contributed by atoms with Gasteiger partial charge in [0.05, 0.1) is 28.9 Å². The molecule has 5 rings (SSSR count). The minimum absolute atomic E-state index is 0.226. The molecule has 3 atom stereocenters. The fraction of sp³-hybridized carbons (Fsp3) is 0.500. The number of halogens is 1. The van der Waals surface area contributed by atoms with Gasteiger partial charge in [0.15, 0.2) is 5.13 Å². The van der Waals surface area contributed by atoms with E-state index in [-0.39, 0.29) is 12.1 Å². The molecule has 1 aromatic heterocycles. The first-order valence-corrected chi connectivity index (χ1v) is 8.91. The molecule has 0 radical (unpaired) electrons. The first-order chi connectivity index (χ1) is 11.6. The van der Waals surface area contributed by atoms with Crippen molar-refractivity contribution < 1.29 is 13.9 Å². The van der Waals surface area contributed by atoms with Crippen LogP contribution in [-0.2, 0) is 6.42 Å². The zero-order chi connectivity index (χ0) is 16.4. The van der Waals surface area contributed by atoms with Gasteiger partial charge in [-0.25, -0.2) is 14.2 Å². The molecule has 0 aliphatic carbocycles. The number of carbonyl (C=O) groups excluding carboxylic acids is 1. The van der Waals surface area contributed by atoms with Crippen LogP contribution < -0.4 is 15.0 Å². The number of fused-ring (bicyclic) bond motifs is 4. The maximum absolute atomic E-state index is 14.3. The van der Waals surface area contributed by atoms with Crippen molar-refractivity contribution in [2.45, 2.75) is 24.7 Å². The van der Waals surface area contributed by atoms with Crippen LogP contribution in [-0.4, -0.2) is 60.9 Å². The molecule has 4 heterocycles. The number of nitrogens with zero attached hydrogens (tertiary/aromatic N) is 3. The molecule has 0 spiro atoms. The van der Waals surface area contributed by atoms with E-state index >= 15 is 0 Å². The van der Waals surface area contributed by atoms with Crippen LogP contribution in [0.25, 0.3) is 10.2 Å². The second kappa shape index (κ2) is 5.03. The van der Waals surface area contributed by atoms with Crippen molar-refractivity contribution in [3.63, 3.8) is 0 Å². The highest BCUT2D eigenvalue weighted by atomic mass is 32.1. The molecule has 2 aromatic rings. The van der Waals surface area contributed by atoms with Gasteiger partial charge in [0, 0.05) is 25.1 Å². The van der Waals surface area contributed by atoms with Gasteiger partial charge in [-0.1, -0.05) is 11.3 Å². The number of likely N-dealkylation sites (N-methyl/N-ethyl adjacent to an activating group) is 1. The molecule has 2 amide bonds. The van der Waals surface area contributed by atoms with E-state index in [9.17, 15) is 9.18 Å². The minimum Gasteiger partial charge on any atom is -0.493 e. The maximum atomic E-state index is 14.3. The van der Waals surface area contributed by atoms with E-state index in [2.05, 4.69) is 5.32 Å². The van der Waals surface area contributed by atoms with Gasteiger partial charge >= 0.3 is 6.03 Å². The van der Waals surface area contributed by atoms with E-state index in [1.165, 1.54) is 11.3 Å². The Morgan fingerprint density at radius 2 is 2.29 bits per heavy atom. The van der Waals surface area contributed by atoms with Crippen LogP contribution in [0.4, 0.5) is 14.3 Å². The molecular weight excluding hydrogens is 331 g/mol. The first kappa shape index (κ1) is 14.4. The second-order valence-corrected chi connectivity index (χ2v) is 7.64. The molecule has 0 bridgehead atoms. The monoisotopic (exact) mass is 348 g/mol. The number of rotatable bonds is 1. The number of hydrogen-bond donors (Lipinski definition) is 1. The zero-order valence-corrected chi connectivity index (χ0v) is 14.0. The highest BCUT2D eigenvalue weighted by Crippen LogP contribution is 2.39. The lowest BCUT2D eigenvalue weighted by Crippen LogP contribution is -2.56. The average Bonchev–Trinajstić information content (AvgIpc) is 3.21. The molecule has 1 N–H and O–H groups in total. The summed E-state index contributed by atoms with van der Waals surface area (Å²) in [5.41, 5.74) is 2.01. The zero-order valence-electron chi connectivity index (χ0n) is 13.2. The topological polar surface area (TPSA) is 57.7 Å². The van der Waals surface area contributed by atoms with Crippen LogP contribution in [0.5, 0.6) is 5.75 Å².